The molecule has 1 amide bonds. The first-order valence-corrected chi connectivity index (χ1v) is 6.79. The number of nitrogens with one attached hydrogen (secondary N) is 1. The first-order chi connectivity index (χ1) is 10.1. The molecule has 5 nitrogen and oxygen atoms in total. The summed E-state index contributed by atoms with van der Waals surface area (Å²) >= 11 is 0. The maximum absolute atomic E-state index is 11.5. The molecule has 1 aromatic carbocycles. The van der Waals surface area contributed by atoms with Crippen molar-refractivity contribution in [2.75, 3.05) is 7.05 Å². The van der Waals surface area contributed by atoms with Crippen molar-refractivity contribution in [3.63, 3.8) is 0 Å². The summed E-state index contributed by atoms with van der Waals surface area (Å²) in [6.07, 6.45) is 0. The zero-order valence-electron chi connectivity index (χ0n) is 12.3. The second kappa shape index (κ2) is 6.97. The molecule has 1 heterocycles. The number of hydrogen-bond acceptors (Lipinski definition) is 4. The van der Waals surface area contributed by atoms with Gasteiger partial charge in [0.15, 0.2) is 0 Å². The fourth-order valence-electron chi connectivity index (χ4n) is 2.11. The number of amides is 1. The first-order valence-electron chi connectivity index (χ1n) is 6.79. The van der Waals surface area contributed by atoms with E-state index in [1.807, 2.05) is 19.2 Å². The maximum Gasteiger partial charge on any atom is 0.283 e. The summed E-state index contributed by atoms with van der Waals surface area (Å²) < 4.78 is 0. The van der Waals surface area contributed by atoms with E-state index in [-0.39, 0.29) is 5.91 Å². The Labute approximate surface area is 124 Å². The average molecular weight is 284 g/mol. The van der Waals surface area contributed by atoms with E-state index >= 15 is 0 Å². The average Bonchev–Trinajstić information content (AvgIpc) is 2.49. The molecule has 110 valence electrons. The van der Waals surface area contributed by atoms with Crippen molar-refractivity contribution in [1.82, 2.24) is 15.3 Å². The van der Waals surface area contributed by atoms with Crippen LogP contribution in [0.2, 0.25) is 0 Å². The summed E-state index contributed by atoms with van der Waals surface area (Å²) in [4.78, 5) is 17.9. The molecule has 21 heavy (non-hydrogen) atoms. The fourth-order valence-corrected chi connectivity index (χ4v) is 2.11. The molecule has 0 bridgehead atoms. The molecular formula is C16H20N4O. The number of aryl methyl sites for hydroxylation is 1. The van der Waals surface area contributed by atoms with Crippen LogP contribution in [0.3, 0.4) is 0 Å². The molecule has 0 radical (unpaired) electrons. The number of nitrogen functional groups attached to an aromatic ring is 1. The second-order valence-corrected chi connectivity index (χ2v) is 5.15. The maximum atomic E-state index is 11.5. The van der Waals surface area contributed by atoms with E-state index in [1.165, 1.54) is 11.1 Å². The van der Waals surface area contributed by atoms with Crippen molar-refractivity contribution >= 4 is 5.91 Å². The van der Waals surface area contributed by atoms with Gasteiger partial charge in [0.25, 0.3) is 5.91 Å². The van der Waals surface area contributed by atoms with Crippen molar-refractivity contribution in [3.05, 3.63) is 65.0 Å². The molecule has 2 rings (SSSR count). The highest BCUT2D eigenvalue weighted by atomic mass is 16.2. The minimum atomic E-state index is -0.377. The van der Waals surface area contributed by atoms with E-state index in [0.717, 1.165) is 12.2 Å². The highest BCUT2D eigenvalue weighted by Crippen LogP contribution is 2.09. The quantitative estimate of drug-likeness (QED) is 0.497. The standard InChI is InChI=1S/C16H20N4O/c1-12-6-8-13(9-7-12)10-20(2)11-14-4-3-5-15(18-14)16(21)19-17/h3-9H,10-11,17H2,1-2H3,(H,19,21). The van der Waals surface area contributed by atoms with Crippen LogP contribution < -0.4 is 11.3 Å². The molecule has 5 heteroatoms. The van der Waals surface area contributed by atoms with Crippen LogP contribution in [0.5, 0.6) is 0 Å². The second-order valence-electron chi connectivity index (χ2n) is 5.15. The Morgan fingerprint density at radius 1 is 1.19 bits per heavy atom. The zero-order valence-corrected chi connectivity index (χ0v) is 12.3. The number of hydrogen-bond donors (Lipinski definition) is 2. The topological polar surface area (TPSA) is 71.2 Å². The molecule has 0 atom stereocenters. The van der Waals surface area contributed by atoms with Gasteiger partial charge in [0.1, 0.15) is 5.69 Å². The van der Waals surface area contributed by atoms with Crippen molar-refractivity contribution in [2.45, 2.75) is 20.0 Å². The van der Waals surface area contributed by atoms with Crippen LogP contribution >= 0.6 is 0 Å². The Kier molecular flexibility index (Phi) is 5.03. The van der Waals surface area contributed by atoms with Crippen LogP contribution in [0.4, 0.5) is 0 Å². The number of nitrogens with two attached hydrogens (primary N) is 1. The Morgan fingerprint density at radius 3 is 2.57 bits per heavy atom. The lowest BCUT2D eigenvalue weighted by Gasteiger charge is -2.16. The van der Waals surface area contributed by atoms with Gasteiger partial charge in [-0.3, -0.25) is 15.1 Å². The molecule has 0 unspecified atom stereocenters. The monoisotopic (exact) mass is 284 g/mol. The lowest BCUT2D eigenvalue weighted by Crippen LogP contribution is -2.31. The number of benzene rings is 1. The van der Waals surface area contributed by atoms with Gasteiger partial charge in [-0.05, 0) is 31.7 Å². The summed E-state index contributed by atoms with van der Waals surface area (Å²) in [6, 6.07) is 13.8. The number of carbonyl (C=O) groups excluding carboxylic acids is 1. The predicted molar refractivity (Wildman–Crippen MR) is 82.2 cm³/mol. The smallest absolute Gasteiger partial charge is 0.283 e. The van der Waals surface area contributed by atoms with E-state index in [2.05, 4.69) is 46.5 Å². The number of rotatable bonds is 5. The first kappa shape index (κ1) is 15.2. The van der Waals surface area contributed by atoms with E-state index in [0.29, 0.717) is 12.2 Å². The summed E-state index contributed by atoms with van der Waals surface area (Å²) in [5.41, 5.74) is 5.76. The Morgan fingerprint density at radius 2 is 1.90 bits per heavy atom. The minimum Gasteiger partial charge on any atom is -0.296 e. The lowest BCUT2D eigenvalue weighted by molar-refractivity contribution is 0.0948. The third-order valence-corrected chi connectivity index (χ3v) is 3.18. The van der Waals surface area contributed by atoms with Crippen LogP contribution in [0.25, 0.3) is 0 Å². The third-order valence-electron chi connectivity index (χ3n) is 3.18. The molecule has 0 aliphatic carbocycles. The van der Waals surface area contributed by atoms with Gasteiger partial charge in [-0.1, -0.05) is 35.9 Å². The molecule has 0 fully saturated rings. The van der Waals surface area contributed by atoms with Gasteiger partial charge in [0, 0.05) is 13.1 Å². The molecule has 0 saturated carbocycles. The van der Waals surface area contributed by atoms with Crippen LogP contribution in [-0.4, -0.2) is 22.8 Å². The van der Waals surface area contributed by atoms with Gasteiger partial charge in [0.05, 0.1) is 5.69 Å². The van der Waals surface area contributed by atoms with E-state index in [9.17, 15) is 4.79 Å². The minimum absolute atomic E-state index is 0.332. The van der Waals surface area contributed by atoms with Crippen LogP contribution in [0, 0.1) is 6.92 Å². The highest BCUT2D eigenvalue weighted by Gasteiger charge is 2.08. The molecular weight excluding hydrogens is 264 g/mol. The van der Waals surface area contributed by atoms with Crippen LogP contribution in [-0.2, 0) is 13.1 Å². The van der Waals surface area contributed by atoms with Gasteiger partial charge < -0.3 is 0 Å². The molecule has 0 saturated heterocycles. The molecule has 2 aromatic rings. The number of aromatic nitrogens is 1. The SMILES string of the molecule is Cc1ccc(CN(C)Cc2cccc(C(=O)NN)n2)cc1. The summed E-state index contributed by atoms with van der Waals surface area (Å²) in [7, 11) is 2.03. The molecule has 1 aromatic heterocycles. The van der Waals surface area contributed by atoms with Gasteiger partial charge in [-0.25, -0.2) is 10.8 Å². The van der Waals surface area contributed by atoms with Gasteiger partial charge in [-0.15, -0.1) is 0 Å². The highest BCUT2D eigenvalue weighted by molar-refractivity contribution is 5.91. The van der Waals surface area contributed by atoms with Crippen LogP contribution in [0.1, 0.15) is 27.3 Å². The van der Waals surface area contributed by atoms with Crippen LogP contribution in [0.15, 0.2) is 42.5 Å². The lowest BCUT2D eigenvalue weighted by atomic mass is 10.1. The molecule has 0 aliphatic heterocycles. The van der Waals surface area contributed by atoms with Crippen molar-refractivity contribution in [1.29, 1.82) is 0 Å². The molecule has 0 aliphatic rings. The Balaban J connectivity index is 2.00. The summed E-state index contributed by atoms with van der Waals surface area (Å²) in [5.74, 6) is 4.74. The fraction of sp³-hybridized carbons (Fsp3) is 0.250. The largest absolute Gasteiger partial charge is 0.296 e. The zero-order chi connectivity index (χ0) is 15.2. The van der Waals surface area contributed by atoms with Gasteiger partial charge >= 0.3 is 0 Å². The van der Waals surface area contributed by atoms with Crippen molar-refractivity contribution in [3.8, 4) is 0 Å². The number of hydrazine groups is 1. The number of carbonyl (C=O) groups is 1. The number of pyridine rings is 1. The van der Waals surface area contributed by atoms with E-state index in [4.69, 9.17) is 5.84 Å². The summed E-state index contributed by atoms with van der Waals surface area (Å²) in [6.45, 7) is 3.57. The molecule has 3 N–H and O–H groups in total. The normalized spacial score (nSPS) is 10.7. The Bertz CT molecular complexity index is 610. The number of nitrogens with zero attached hydrogens (tertiary/aromatic N) is 2. The van der Waals surface area contributed by atoms with Crippen molar-refractivity contribution < 1.29 is 4.79 Å². The van der Waals surface area contributed by atoms with E-state index in [1.54, 1.807) is 6.07 Å². The third kappa shape index (κ3) is 4.37. The van der Waals surface area contributed by atoms with Gasteiger partial charge in [-0.2, -0.15) is 0 Å². The van der Waals surface area contributed by atoms with Gasteiger partial charge in [0.2, 0.25) is 0 Å². The van der Waals surface area contributed by atoms with Crippen molar-refractivity contribution in [2.24, 2.45) is 5.84 Å². The Hall–Kier alpha value is -2.24. The van der Waals surface area contributed by atoms with E-state index < -0.39 is 0 Å². The predicted octanol–water partition coefficient (Wildman–Crippen LogP) is 1.63. The molecule has 0 spiro atoms. The summed E-state index contributed by atoms with van der Waals surface area (Å²) in [5, 5.41) is 0.